The van der Waals surface area contributed by atoms with Crippen molar-refractivity contribution in [2.75, 3.05) is 12.4 Å². The Hall–Kier alpha value is -2.82. The van der Waals surface area contributed by atoms with Gasteiger partial charge in [0.2, 0.25) is 0 Å². The van der Waals surface area contributed by atoms with Crippen LogP contribution in [0.3, 0.4) is 0 Å². The predicted octanol–water partition coefficient (Wildman–Crippen LogP) is 4.19. The summed E-state index contributed by atoms with van der Waals surface area (Å²) < 4.78 is 10.7. The van der Waals surface area contributed by atoms with Crippen LogP contribution in [0, 0.1) is 20.8 Å². The van der Waals surface area contributed by atoms with Crippen LogP contribution in [-0.2, 0) is 9.53 Å². The van der Waals surface area contributed by atoms with Crippen molar-refractivity contribution in [1.29, 1.82) is 0 Å². The number of methoxy groups -OCH3 is 1. The lowest BCUT2D eigenvalue weighted by Gasteiger charge is -2.20. The second-order valence-electron chi connectivity index (χ2n) is 6.24. The first-order valence-electron chi connectivity index (χ1n) is 8.60. The van der Waals surface area contributed by atoms with E-state index in [0.717, 1.165) is 11.1 Å². The number of ether oxygens (including phenoxy) is 2. The van der Waals surface area contributed by atoms with Gasteiger partial charge in [-0.05, 0) is 62.1 Å². The molecule has 0 radical (unpaired) electrons. The second-order valence-corrected chi connectivity index (χ2v) is 6.24. The third kappa shape index (κ3) is 4.42. The molecule has 26 heavy (non-hydrogen) atoms. The fraction of sp³-hybridized carbons (Fsp3) is 0.333. The smallest absolute Gasteiger partial charge is 0.338 e. The minimum absolute atomic E-state index is 0.251. The minimum atomic E-state index is -0.628. The summed E-state index contributed by atoms with van der Waals surface area (Å²) in [5, 5.41) is 2.86. The van der Waals surface area contributed by atoms with Gasteiger partial charge in [-0.3, -0.25) is 4.79 Å². The van der Waals surface area contributed by atoms with Crippen LogP contribution >= 0.6 is 0 Å². The highest BCUT2D eigenvalue weighted by atomic mass is 16.5. The molecule has 0 saturated heterocycles. The van der Waals surface area contributed by atoms with Crippen molar-refractivity contribution in [3.63, 3.8) is 0 Å². The lowest BCUT2D eigenvalue weighted by molar-refractivity contribution is -0.122. The van der Waals surface area contributed by atoms with Crippen LogP contribution in [0.4, 0.5) is 5.69 Å². The van der Waals surface area contributed by atoms with Crippen LogP contribution in [-0.4, -0.2) is 25.1 Å². The van der Waals surface area contributed by atoms with E-state index in [1.165, 1.54) is 7.11 Å². The maximum absolute atomic E-state index is 12.7. The summed E-state index contributed by atoms with van der Waals surface area (Å²) in [5.41, 5.74) is 3.71. The zero-order valence-electron chi connectivity index (χ0n) is 15.9. The maximum Gasteiger partial charge on any atom is 0.338 e. The zero-order chi connectivity index (χ0) is 19.3. The molecular weight excluding hydrogens is 330 g/mol. The average molecular weight is 355 g/mol. The molecule has 0 fully saturated rings. The molecule has 0 spiro atoms. The van der Waals surface area contributed by atoms with Crippen LogP contribution in [0.5, 0.6) is 5.75 Å². The van der Waals surface area contributed by atoms with E-state index in [2.05, 4.69) is 5.32 Å². The summed E-state index contributed by atoms with van der Waals surface area (Å²) in [6.45, 7) is 7.60. The van der Waals surface area contributed by atoms with Crippen molar-refractivity contribution in [3.05, 3.63) is 58.7 Å². The van der Waals surface area contributed by atoms with E-state index in [0.29, 0.717) is 29.0 Å². The monoisotopic (exact) mass is 355 g/mol. The van der Waals surface area contributed by atoms with E-state index in [1.807, 2.05) is 39.0 Å². The van der Waals surface area contributed by atoms with Gasteiger partial charge in [-0.1, -0.05) is 25.1 Å². The molecule has 0 heterocycles. The Labute approximate surface area is 154 Å². The molecule has 5 nitrogen and oxygen atoms in total. The molecule has 0 aliphatic heterocycles. The van der Waals surface area contributed by atoms with Gasteiger partial charge in [-0.25, -0.2) is 4.79 Å². The highest BCUT2D eigenvalue weighted by molar-refractivity contribution is 5.98. The molecule has 0 saturated carbocycles. The van der Waals surface area contributed by atoms with E-state index >= 15 is 0 Å². The predicted molar refractivity (Wildman–Crippen MR) is 102 cm³/mol. The summed E-state index contributed by atoms with van der Waals surface area (Å²) in [5.74, 6) is 0.0165. The summed E-state index contributed by atoms with van der Waals surface area (Å²) >= 11 is 0. The summed E-state index contributed by atoms with van der Waals surface area (Å²) in [6, 6.07) is 11.0. The number of anilines is 1. The summed E-state index contributed by atoms with van der Waals surface area (Å²) in [7, 11) is 1.33. The number of carbonyl (C=O) groups excluding carboxylic acids is 2. The van der Waals surface area contributed by atoms with Gasteiger partial charge in [-0.15, -0.1) is 0 Å². The third-order valence-electron chi connectivity index (χ3n) is 4.27. The number of esters is 1. The maximum atomic E-state index is 12.7. The van der Waals surface area contributed by atoms with Gasteiger partial charge < -0.3 is 14.8 Å². The van der Waals surface area contributed by atoms with Crippen LogP contribution in [0.25, 0.3) is 0 Å². The Morgan fingerprint density at radius 1 is 1.12 bits per heavy atom. The van der Waals surface area contributed by atoms with Crippen molar-refractivity contribution in [1.82, 2.24) is 0 Å². The van der Waals surface area contributed by atoms with Crippen molar-refractivity contribution in [2.24, 2.45) is 0 Å². The summed E-state index contributed by atoms with van der Waals surface area (Å²) in [4.78, 5) is 24.5. The zero-order valence-corrected chi connectivity index (χ0v) is 15.9. The number of hydrogen-bond donors (Lipinski definition) is 1. The molecule has 5 heteroatoms. The SMILES string of the molecule is CC[C@@H](Oc1cc(C)ccc1C)C(=O)Nc1cccc(C(=O)OC)c1C. The average Bonchev–Trinajstić information content (AvgIpc) is 2.63. The van der Waals surface area contributed by atoms with Gasteiger partial charge in [0.1, 0.15) is 5.75 Å². The molecule has 1 N–H and O–H groups in total. The lowest BCUT2D eigenvalue weighted by atomic mass is 10.1. The number of carbonyl (C=O) groups is 2. The highest BCUT2D eigenvalue weighted by Crippen LogP contribution is 2.23. The third-order valence-corrected chi connectivity index (χ3v) is 4.27. The van der Waals surface area contributed by atoms with E-state index in [1.54, 1.807) is 25.1 Å². The molecule has 1 amide bonds. The molecule has 0 aliphatic carbocycles. The Bertz CT molecular complexity index is 814. The second kappa shape index (κ2) is 8.52. The normalized spacial score (nSPS) is 11.6. The van der Waals surface area contributed by atoms with Gasteiger partial charge in [-0.2, -0.15) is 0 Å². The molecule has 138 valence electrons. The van der Waals surface area contributed by atoms with Crippen molar-refractivity contribution >= 4 is 17.6 Å². The van der Waals surface area contributed by atoms with E-state index in [9.17, 15) is 9.59 Å². The minimum Gasteiger partial charge on any atom is -0.480 e. The number of rotatable bonds is 6. The standard InChI is InChI=1S/C21H25NO4/c1-6-18(26-19-12-13(2)10-11-14(19)3)20(23)22-17-9-7-8-16(15(17)4)21(24)25-5/h7-12,18H,6H2,1-5H3,(H,22,23)/t18-/m1/s1. The Kier molecular flexibility index (Phi) is 6.39. The van der Waals surface area contributed by atoms with Gasteiger partial charge >= 0.3 is 5.97 Å². The van der Waals surface area contributed by atoms with Crippen molar-refractivity contribution in [3.8, 4) is 5.75 Å². The first kappa shape index (κ1) is 19.5. The fourth-order valence-corrected chi connectivity index (χ4v) is 2.63. The molecule has 2 aromatic carbocycles. The van der Waals surface area contributed by atoms with Crippen LogP contribution in [0.2, 0.25) is 0 Å². The first-order valence-corrected chi connectivity index (χ1v) is 8.60. The molecule has 0 aromatic heterocycles. The Morgan fingerprint density at radius 3 is 2.50 bits per heavy atom. The molecule has 0 aliphatic rings. The fourth-order valence-electron chi connectivity index (χ4n) is 2.63. The Balaban J connectivity index is 2.19. The van der Waals surface area contributed by atoms with Crippen LogP contribution < -0.4 is 10.1 Å². The van der Waals surface area contributed by atoms with Crippen molar-refractivity contribution < 1.29 is 19.1 Å². The summed E-state index contributed by atoms with van der Waals surface area (Å²) in [6.07, 6.45) is -0.105. The number of nitrogens with one attached hydrogen (secondary N) is 1. The molecule has 2 rings (SSSR count). The van der Waals surface area contributed by atoms with Gasteiger partial charge in [0.15, 0.2) is 6.10 Å². The van der Waals surface area contributed by atoms with Gasteiger partial charge in [0.25, 0.3) is 5.91 Å². The number of amides is 1. The van der Waals surface area contributed by atoms with Crippen molar-refractivity contribution in [2.45, 2.75) is 40.2 Å². The quantitative estimate of drug-likeness (QED) is 0.789. The largest absolute Gasteiger partial charge is 0.480 e. The topological polar surface area (TPSA) is 64.6 Å². The lowest BCUT2D eigenvalue weighted by Crippen LogP contribution is -2.33. The van der Waals surface area contributed by atoms with Crippen LogP contribution in [0.15, 0.2) is 36.4 Å². The highest BCUT2D eigenvalue weighted by Gasteiger charge is 2.21. The molecule has 0 bridgehead atoms. The number of aryl methyl sites for hydroxylation is 2. The first-order chi connectivity index (χ1) is 12.4. The van der Waals surface area contributed by atoms with Gasteiger partial charge in [0, 0.05) is 5.69 Å². The van der Waals surface area contributed by atoms with E-state index < -0.39 is 12.1 Å². The molecule has 2 aromatic rings. The number of hydrogen-bond acceptors (Lipinski definition) is 4. The Morgan fingerprint density at radius 2 is 1.85 bits per heavy atom. The molecule has 1 atom stereocenters. The number of benzene rings is 2. The van der Waals surface area contributed by atoms with E-state index in [-0.39, 0.29) is 5.91 Å². The van der Waals surface area contributed by atoms with Crippen LogP contribution in [0.1, 0.15) is 40.4 Å². The van der Waals surface area contributed by atoms with Gasteiger partial charge in [0.05, 0.1) is 12.7 Å². The van der Waals surface area contributed by atoms with E-state index in [4.69, 9.17) is 9.47 Å². The molecule has 0 unspecified atom stereocenters. The molecular formula is C21H25NO4.